The van der Waals surface area contributed by atoms with E-state index in [9.17, 15) is 9.90 Å². The number of imidazole rings is 1. The van der Waals surface area contributed by atoms with E-state index < -0.39 is 5.69 Å². The van der Waals surface area contributed by atoms with Crippen LogP contribution in [0.3, 0.4) is 0 Å². The molecule has 0 aliphatic heterocycles. The molecule has 12 nitrogen and oxygen atoms in total. The summed E-state index contributed by atoms with van der Waals surface area (Å²) in [6.07, 6.45) is 5.19. The molecular formula is C17H17N9O3. The molecule has 1 fully saturated rings. The molecular weight excluding hydrogens is 378 g/mol. The summed E-state index contributed by atoms with van der Waals surface area (Å²) in [5.41, 5.74) is 1.37. The first-order valence-electron chi connectivity index (χ1n) is 9.04. The molecule has 0 radical (unpaired) electrons. The van der Waals surface area contributed by atoms with Crippen molar-refractivity contribution >= 4 is 17.7 Å². The van der Waals surface area contributed by atoms with Gasteiger partial charge >= 0.3 is 5.69 Å². The van der Waals surface area contributed by atoms with Crippen molar-refractivity contribution in [2.45, 2.75) is 32.4 Å². The summed E-state index contributed by atoms with van der Waals surface area (Å²) in [5.74, 6) is 0.820. The number of nitrogens with zero attached hydrogens (tertiary/aromatic N) is 6. The first-order chi connectivity index (χ1) is 14.0. The average molecular weight is 395 g/mol. The Balaban J connectivity index is 1.60. The molecule has 4 aromatic rings. The topological polar surface area (TPSA) is 162 Å². The maximum Gasteiger partial charge on any atom is 0.326 e. The van der Waals surface area contributed by atoms with E-state index in [0.717, 1.165) is 24.3 Å². The Kier molecular flexibility index (Phi) is 3.89. The summed E-state index contributed by atoms with van der Waals surface area (Å²) in [6, 6.07) is 2.06. The fraction of sp³-hybridized carbons (Fsp3) is 0.294. The lowest BCUT2D eigenvalue weighted by atomic mass is 10.3. The summed E-state index contributed by atoms with van der Waals surface area (Å²) < 4.78 is 6.61. The van der Waals surface area contributed by atoms with E-state index in [1.54, 1.807) is 12.3 Å². The summed E-state index contributed by atoms with van der Waals surface area (Å²) in [6.45, 7) is 2.20. The van der Waals surface area contributed by atoms with Gasteiger partial charge in [-0.15, -0.1) is 0 Å². The molecule has 1 aliphatic carbocycles. The largest absolute Gasteiger partial charge is 0.493 e. The number of anilines is 1. The number of fused-ring (bicyclic) bond motifs is 1. The number of aromatic nitrogens is 7. The Labute approximate surface area is 162 Å². The predicted octanol–water partition coefficient (Wildman–Crippen LogP) is -0.634. The zero-order valence-corrected chi connectivity index (χ0v) is 15.4. The Bertz CT molecular complexity index is 1370. The van der Waals surface area contributed by atoms with Gasteiger partial charge in [0.2, 0.25) is 11.8 Å². The number of hydrogen-bond acceptors (Lipinski definition) is 9. The lowest BCUT2D eigenvalue weighted by molar-refractivity contribution is 0.391. The van der Waals surface area contributed by atoms with Gasteiger partial charge in [-0.25, -0.2) is 9.79 Å². The molecule has 12 heteroatoms. The smallest absolute Gasteiger partial charge is 0.326 e. The minimum absolute atomic E-state index is 0.233. The van der Waals surface area contributed by atoms with Crippen LogP contribution in [0.25, 0.3) is 11.7 Å². The van der Waals surface area contributed by atoms with Gasteiger partial charge in [0, 0.05) is 11.3 Å². The molecule has 5 rings (SSSR count). The van der Waals surface area contributed by atoms with Crippen molar-refractivity contribution in [1.29, 1.82) is 0 Å². The van der Waals surface area contributed by atoms with Crippen LogP contribution in [0.1, 0.15) is 30.0 Å². The van der Waals surface area contributed by atoms with E-state index in [1.807, 2.05) is 13.0 Å². The Hall–Kier alpha value is -3.96. The maximum absolute atomic E-state index is 11.4. The molecule has 4 aromatic heterocycles. The molecule has 1 saturated carbocycles. The second-order valence-corrected chi connectivity index (χ2v) is 6.81. The first-order valence-corrected chi connectivity index (χ1v) is 9.04. The predicted molar refractivity (Wildman–Crippen MR) is 99.8 cm³/mol. The van der Waals surface area contributed by atoms with Crippen LogP contribution in [-0.2, 0) is 6.54 Å². The minimum atomic E-state index is -0.505. The van der Waals surface area contributed by atoms with Crippen LogP contribution in [0.5, 0.6) is 5.88 Å². The number of aryl methyl sites for hydroxylation is 1. The number of hydrogen-bond donors (Lipinski definition) is 4. The molecule has 0 saturated heterocycles. The highest BCUT2D eigenvalue weighted by Crippen LogP contribution is 2.22. The maximum atomic E-state index is 11.4. The van der Waals surface area contributed by atoms with Gasteiger partial charge in [-0.2, -0.15) is 19.6 Å². The Morgan fingerprint density at radius 2 is 2.28 bits per heavy atom. The Morgan fingerprint density at radius 1 is 1.41 bits per heavy atom. The van der Waals surface area contributed by atoms with Gasteiger partial charge in [0.1, 0.15) is 17.1 Å². The van der Waals surface area contributed by atoms with Gasteiger partial charge in [0.15, 0.2) is 5.65 Å². The van der Waals surface area contributed by atoms with E-state index in [-0.39, 0.29) is 17.6 Å². The summed E-state index contributed by atoms with van der Waals surface area (Å²) in [4.78, 5) is 29.8. The molecule has 1 aliphatic rings. The highest BCUT2D eigenvalue weighted by molar-refractivity contribution is 5.57. The van der Waals surface area contributed by atoms with Crippen LogP contribution in [-0.4, -0.2) is 45.9 Å². The molecule has 0 aromatic carbocycles. The third-order valence-corrected chi connectivity index (χ3v) is 4.36. The summed E-state index contributed by atoms with van der Waals surface area (Å²) in [7, 11) is 0. The highest BCUT2D eigenvalue weighted by Gasteiger charge is 2.21. The monoisotopic (exact) mass is 395 g/mol. The van der Waals surface area contributed by atoms with Crippen molar-refractivity contribution in [3.8, 4) is 5.88 Å². The molecule has 0 bridgehead atoms. The van der Waals surface area contributed by atoms with Gasteiger partial charge in [0.25, 0.3) is 5.62 Å². The number of rotatable bonds is 5. The van der Waals surface area contributed by atoms with E-state index in [1.165, 1.54) is 4.52 Å². The van der Waals surface area contributed by atoms with Crippen LogP contribution in [0.15, 0.2) is 26.6 Å². The van der Waals surface area contributed by atoms with Crippen molar-refractivity contribution in [2.24, 2.45) is 4.99 Å². The van der Waals surface area contributed by atoms with E-state index in [0.29, 0.717) is 29.0 Å². The second-order valence-electron chi connectivity index (χ2n) is 6.81. The fourth-order valence-corrected chi connectivity index (χ4v) is 2.83. The van der Waals surface area contributed by atoms with Crippen molar-refractivity contribution in [2.75, 3.05) is 5.32 Å². The lowest BCUT2D eigenvalue weighted by Gasteiger charge is -2.03. The third-order valence-electron chi connectivity index (χ3n) is 4.36. The number of H-pyrrole nitrogens is 2. The van der Waals surface area contributed by atoms with Crippen molar-refractivity contribution in [3.63, 3.8) is 0 Å². The minimum Gasteiger partial charge on any atom is -0.493 e. The van der Waals surface area contributed by atoms with Crippen molar-refractivity contribution < 1.29 is 9.63 Å². The average Bonchev–Trinajstić information content (AvgIpc) is 3.10. The molecule has 4 heterocycles. The van der Waals surface area contributed by atoms with Gasteiger partial charge in [-0.3, -0.25) is 4.98 Å². The summed E-state index contributed by atoms with van der Waals surface area (Å²) in [5, 5.41) is 21.8. The van der Waals surface area contributed by atoms with Crippen LogP contribution in [0, 0.1) is 6.92 Å². The highest BCUT2D eigenvalue weighted by atomic mass is 16.5. The molecule has 0 atom stereocenters. The number of aromatic amines is 2. The summed E-state index contributed by atoms with van der Waals surface area (Å²) >= 11 is 0. The molecule has 0 unspecified atom stereocenters. The van der Waals surface area contributed by atoms with Crippen LogP contribution < -0.4 is 21.8 Å². The van der Waals surface area contributed by atoms with Crippen molar-refractivity contribution in [3.05, 3.63) is 50.7 Å². The van der Waals surface area contributed by atoms with Crippen LogP contribution in [0.2, 0.25) is 0 Å². The standard InChI is InChI=1S/C17H17N9O3/c1-8-4-11(25-29-8)7-18-15-22-13-9(5-12-14(27)23-17(28)21-12)6-19-26(13)16(24-15)20-10-2-3-10/h4-6,10,27H,2-3,7H2,1H3,(H,18,20,24)(H2,21,23,28)/b9-5+. The van der Waals surface area contributed by atoms with Gasteiger partial charge in [-0.05, 0) is 25.8 Å². The number of aromatic hydroxyl groups is 1. The SMILES string of the molecule is Cc1cc(CNc2nc(=NC3CC3)n3nc/c(=C\c4[nH]c(=O)[nH]c4O)c3n2)no1. The van der Waals surface area contributed by atoms with E-state index in [2.05, 4.69) is 40.5 Å². The third kappa shape index (κ3) is 3.47. The van der Waals surface area contributed by atoms with E-state index >= 15 is 0 Å². The van der Waals surface area contributed by atoms with Gasteiger partial charge < -0.3 is 19.9 Å². The molecule has 0 amide bonds. The quantitative estimate of drug-likeness (QED) is 0.347. The number of nitrogens with one attached hydrogen (secondary N) is 3. The molecule has 0 spiro atoms. The first kappa shape index (κ1) is 17.2. The van der Waals surface area contributed by atoms with Crippen molar-refractivity contribution in [1.82, 2.24) is 34.7 Å². The molecule has 29 heavy (non-hydrogen) atoms. The fourth-order valence-electron chi connectivity index (χ4n) is 2.83. The molecule has 148 valence electrons. The lowest BCUT2D eigenvalue weighted by Crippen LogP contribution is -2.24. The van der Waals surface area contributed by atoms with E-state index in [4.69, 9.17) is 4.52 Å². The van der Waals surface area contributed by atoms with Gasteiger partial charge in [-0.1, -0.05) is 5.16 Å². The Morgan fingerprint density at radius 3 is 2.97 bits per heavy atom. The zero-order chi connectivity index (χ0) is 20.0. The van der Waals surface area contributed by atoms with Gasteiger partial charge in [0.05, 0.1) is 18.8 Å². The zero-order valence-electron chi connectivity index (χ0n) is 15.4. The molecule has 4 N–H and O–H groups in total. The van der Waals surface area contributed by atoms with Crippen LogP contribution >= 0.6 is 0 Å². The normalized spacial score (nSPS) is 15.5. The van der Waals surface area contributed by atoms with Crippen LogP contribution in [0.4, 0.5) is 5.95 Å². The second kappa shape index (κ2) is 6.58.